The number of rotatable bonds is 6. The van der Waals surface area contributed by atoms with Crippen molar-refractivity contribution in [1.29, 1.82) is 0 Å². The van der Waals surface area contributed by atoms with Crippen molar-refractivity contribution < 1.29 is 0 Å². The molecule has 18 heavy (non-hydrogen) atoms. The van der Waals surface area contributed by atoms with E-state index in [-0.39, 0.29) is 0 Å². The molecular formula is C16H25NS. The van der Waals surface area contributed by atoms with E-state index in [0.717, 1.165) is 12.2 Å². The lowest BCUT2D eigenvalue weighted by atomic mass is 9.90. The Kier molecular flexibility index (Phi) is 6.34. The van der Waals surface area contributed by atoms with Gasteiger partial charge in [0.25, 0.3) is 0 Å². The van der Waals surface area contributed by atoms with Crippen LogP contribution in [0, 0.1) is 5.92 Å². The van der Waals surface area contributed by atoms with Gasteiger partial charge in [-0.3, -0.25) is 0 Å². The molecule has 0 saturated carbocycles. The van der Waals surface area contributed by atoms with Crippen molar-refractivity contribution in [2.45, 2.75) is 40.2 Å². The summed E-state index contributed by atoms with van der Waals surface area (Å²) in [5, 5.41) is 3.27. The number of allylic oxidation sites excluding steroid dienone is 4. The van der Waals surface area contributed by atoms with E-state index >= 15 is 0 Å². The molecule has 1 aliphatic rings. The maximum Gasteiger partial charge on any atom is 0.0293 e. The molecule has 0 aliphatic heterocycles. The zero-order valence-electron chi connectivity index (χ0n) is 12.0. The van der Waals surface area contributed by atoms with Crippen molar-refractivity contribution in [3.63, 3.8) is 0 Å². The van der Waals surface area contributed by atoms with Crippen LogP contribution < -0.4 is 5.32 Å². The van der Waals surface area contributed by atoms with Gasteiger partial charge in [0, 0.05) is 16.9 Å². The molecule has 1 rings (SSSR count). The Labute approximate surface area is 116 Å². The van der Waals surface area contributed by atoms with Gasteiger partial charge in [-0.2, -0.15) is 0 Å². The predicted molar refractivity (Wildman–Crippen MR) is 84.6 cm³/mol. The summed E-state index contributed by atoms with van der Waals surface area (Å²) < 4.78 is 0. The quantitative estimate of drug-likeness (QED) is 0.748. The Morgan fingerprint density at radius 2 is 2.33 bits per heavy atom. The molecule has 2 unspecified atom stereocenters. The minimum Gasteiger partial charge on any atom is -0.388 e. The van der Waals surface area contributed by atoms with E-state index in [0.29, 0.717) is 12.0 Å². The first-order chi connectivity index (χ1) is 8.60. The molecule has 1 aliphatic carbocycles. The van der Waals surface area contributed by atoms with Crippen LogP contribution >= 0.6 is 11.8 Å². The molecule has 1 N–H and O–H groups in total. The second-order valence-electron chi connectivity index (χ2n) is 4.84. The first-order valence-electron chi connectivity index (χ1n) is 6.66. The molecule has 0 fully saturated rings. The normalized spacial score (nSPS) is 20.0. The van der Waals surface area contributed by atoms with Crippen molar-refractivity contribution in [3.8, 4) is 0 Å². The molecule has 0 bridgehead atoms. The number of hydrogen-bond acceptors (Lipinski definition) is 2. The summed E-state index contributed by atoms with van der Waals surface area (Å²) in [5.74, 6) is 1.69. The molecule has 100 valence electrons. The third-order valence-corrected chi connectivity index (χ3v) is 4.38. The van der Waals surface area contributed by atoms with Crippen LogP contribution in [0.4, 0.5) is 0 Å². The topological polar surface area (TPSA) is 12.0 Å². The van der Waals surface area contributed by atoms with Gasteiger partial charge >= 0.3 is 0 Å². The van der Waals surface area contributed by atoms with Gasteiger partial charge in [-0.05, 0) is 44.7 Å². The summed E-state index contributed by atoms with van der Waals surface area (Å²) in [7, 11) is 0. The van der Waals surface area contributed by atoms with Crippen LogP contribution in [0.3, 0.4) is 0 Å². The van der Waals surface area contributed by atoms with Gasteiger partial charge in [-0.15, -0.1) is 11.8 Å². The number of hydrogen-bond donors (Lipinski definition) is 1. The lowest BCUT2D eigenvalue weighted by Gasteiger charge is -2.24. The molecule has 0 radical (unpaired) electrons. The molecule has 0 spiro atoms. The summed E-state index contributed by atoms with van der Waals surface area (Å²) in [6, 6.07) is 0.450. The molecule has 0 heterocycles. The van der Waals surface area contributed by atoms with Crippen LogP contribution in [0.15, 0.2) is 47.1 Å². The van der Waals surface area contributed by atoms with Crippen molar-refractivity contribution >= 4 is 11.8 Å². The molecule has 0 amide bonds. The van der Waals surface area contributed by atoms with Gasteiger partial charge in [0.1, 0.15) is 0 Å². The summed E-state index contributed by atoms with van der Waals surface area (Å²) in [6.07, 6.45) is 9.87. The predicted octanol–water partition coefficient (Wildman–Crippen LogP) is 4.66. The highest BCUT2D eigenvalue weighted by Crippen LogP contribution is 2.32. The zero-order chi connectivity index (χ0) is 13.5. The number of thioether (sulfide) groups is 1. The van der Waals surface area contributed by atoms with Gasteiger partial charge in [-0.1, -0.05) is 37.3 Å². The smallest absolute Gasteiger partial charge is 0.0293 e. The van der Waals surface area contributed by atoms with Crippen molar-refractivity contribution in [1.82, 2.24) is 5.32 Å². The Hall–Kier alpha value is -0.890. The van der Waals surface area contributed by atoms with E-state index in [4.69, 9.17) is 0 Å². The standard InChI is InChI=1S/C16H25NS/c1-6-17-13(5)14-8-10-15(11-9-14)16(12(3)4)18-7-2/h6,8,10-11,13-14,17H,1,7,9H2,2-5H3. The first kappa shape index (κ1) is 15.2. The van der Waals surface area contributed by atoms with E-state index in [2.05, 4.69) is 57.8 Å². The zero-order valence-corrected chi connectivity index (χ0v) is 12.8. The summed E-state index contributed by atoms with van der Waals surface area (Å²) in [6.45, 7) is 12.5. The molecule has 0 saturated heterocycles. The first-order valence-corrected chi connectivity index (χ1v) is 7.64. The van der Waals surface area contributed by atoms with Gasteiger partial charge in [0.2, 0.25) is 0 Å². The van der Waals surface area contributed by atoms with E-state index in [1.165, 1.54) is 16.1 Å². The highest BCUT2D eigenvalue weighted by Gasteiger charge is 2.16. The maximum absolute atomic E-state index is 3.72. The van der Waals surface area contributed by atoms with Crippen LogP contribution in [0.1, 0.15) is 34.1 Å². The van der Waals surface area contributed by atoms with Gasteiger partial charge in [-0.25, -0.2) is 0 Å². The Morgan fingerprint density at radius 1 is 1.61 bits per heavy atom. The lowest BCUT2D eigenvalue weighted by Crippen LogP contribution is -2.28. The fourth-order valence-corrected chi connectivity index (χ4v) is 3.04. The van der Waals surface area contributed by atoms with Gasteiger partial charge in [0.15, 0.2) is 0 Å². The van der Waals surface area contributed by atoms with Crippen molar-refractivity contribution in [3.05, 3.63) is 47.1 Å². The third-order valence-electron chi connectivity index (χ3n) is 3.16. The van der Waals surface area contributed by atoms with Crippen LogP contribution in [-0.2, 0) is 0 Å². The Bertz CT molecular complexity index is 373. The minimum absolute atomic E-state index is 0.450. The Morgan fingerprint density at radius 3 is 2.78 bits per heavy atom. The fourth-order valence-electron chi connectivity index (χ4n) is 2.15. The van der Waals surface area contributed by atoms with Crippen LogP contribution in [0.25, 0.3) is 0 Å². The van der Waals surface area contributed by atoms with E-state index < -0.39 is 0 Å². The largest absolute Gasteiger partial charge is 0.388 e. The third kappa shape index (κ3) is 4.09. The maximum atomic E-state index is 3.72. The second kappa shape index (κ2) is 7.52. The molecule has 2 heteroatoms. The highest BCUT2D eigenvalue weighted by atomic mass is 32.2. The monoisotopic (exact) mass is 263 g/mol. The van der Waals surface area contributed by atoms with Crippen LogP contribution in [0.5, 0.6) is 0 Å². The second-order valence-corrected chi connectivity index (χ2v) is 6.11. The fraction of sp³-hybridized carbons (Fsp3) is 0.500. The molecule has 0 aromatic carbocycles. The average molecular weight is 263 g/mol. The van der Waals surface area contributed by atoms with Crippen molar-refractivity contribution in [2.75, 3.05) is 5.75 Å². The number of nitrogens with one attached hydrogen (secondary N) is 1. The van der Waals surface area contributed by atoms with Crippen LogP contribution in [-0.4, -0.2) is 11.8 Å². The molecule has 0 aromatic heterocycles. The highest BCUT2D eigenvalue weighted by molar-refractivity contribution is 8.03. The van der Waals surface area contributed by atoms with E-state index in [1.807, 2.05) is 11.8 Å². The van der Waals surface area contributed by atoms with Gasteiger partial charge in [0.05, 0.1) is 0 Å². The molecule has 1 nitrogen and oxygen atoms in total. The SMILES string of the molecule is C=CNC(C)C1C=CC(C(SCC)=C(C)C)=CC1. The molecule has 2 atom stereocenters. The average Bonchev–Trinajstić information content (AvgIpc) is 2.36. The van der Waals surface area contributed by atoms with Crippen LogP contribution in [0.2, 0.25) is 0 Å². The summed E-state index contributed by atoms with van der Waals surface area (Å²) >= 11 is 1.94. The molecular weight excluding hydrogens is 238 g/mol. The molecule has 0 aromatic rings. The van der Waals surface area contributed by atoms with Gasteiger partial charge < -0.3 is 5.32 Å². The summed E-state index contributed by atoms with van der Waals surface area (Å²) in [4.78, 5) is 1.44. The van der Waals surface area contributed by atoms with Crippen molar-refractivity contribution in [2.24, 2.45) is 5.92 Å². The summed E-state index contributed by atoms with van der Waals surface area (Å²) in [5.41, 5.74) is 2.80. The lowest BCUT2D eigenvalue weighted by molar-refractivity contribution is 0.482. The minimum atomic E-state index is 0.450. The Balaban J connectivity index is 2.73. The van der Waals surface area contributed by atoms with E-state index in [1.54, 1.807) is 6.20 Å². The van der Waals surface area contributed by atoms with E-state index in [9.17, 15) is 0 Å².